The van der Waals surface area contributed by atoms with Crippen LogP contribution in [0.1, 0.15) is 10.4 Å². The van der Waals surface area contributed by atoms with Crippen LogP contribution in [0, 0.1) is 5.82 Å². The Balaban J connectivity index is 0.000000202. The molecule has 0 aliphatic carbocycles. The maximum Gasteiger partial charge on any atom is 0.213 e. The number of rotatable bonds is 11. The summed E-state index contributed by atoms with van der Waals surface area (Å²) in [5, 5.41) is 12.4. The standard InChI is InChI=1S/C31H22O5.C18H14FS/c32-31(33)26-21-27(34-23-15-7-2-8-16-23)29(35-24-17-9-3-10-18-24)30(36-25-19-11-4-12-20-25)28(26)22-13-5-1-6-14-22;19-15-11-13-18(14-12-15)20(16-7-3-1-4-8-16)17-9-5-2-6-10-17/h1-21H,(H,32,33);1-14H/q;+1/p-1. The first kappa shape index (κ1) is 37.2. The van der Waals surface area contributed by atoms with Crippen molar-refractivity contribution in [3.63, 3.8) is 0 Å². The van der Waals surface area contributed by atoms with E-state index in [2.05, 4.69) is 24.3 Å². The van der Waals surface area contributed by atoms with Gasteiger partial charge in [-0.3, -0.25) is 0 Å². The van der Waals surface area contributed by atoms with Crippen LogP contribution >= 0.6 is 0 Å². The number of hydrogen-bond donors (Lipinski definition) is 0. The average Bonchev–Trinajstić information content (AvgIpc) is 3.25. The van der Waals surface area contributed by atoms with Crippen LogP contribution in [0.2, 0.25) is 0 Å². The number of para-hydroxylation sites is 3. The number of halogens is 1. The Hall–Kier alpha value is -7.09. The van der Waals surface area contributed by atoms with E-state index in [0.29, 0.717) is 28.4 Å². The molecule has 0 aromatic heterocycles. The van der Waals surface area contributed by atoms with Gasteiger partial charge in [0.15, 0.2) is 26.2 Å². The van der Waals surface area contributed by atoms with Crippen molar-refractivity contribution in [1.82, 2.24) is 0 Å². The molecule has 8 aromatic rings. The summed E-state index contributed by atoms with van der Waals surface area (Å²) in [5.74, 6) is 0.603. The van der Waals surface area contributed by atoms with Crippen molar-refractivity contribution >= 4 is 16.9 Å². The number of hydrogen-bond acceptors (Lipinski definition) is 5. The molecule has 0 bridgehead atoms. The largest absolute Gasteiger partial charge is 0.545 e. The second kappa shape index (κ2) is 18.3. The van der Waals surface area contributed by atoms with E-state index in [9.17, 15) is 14.3 Å². The van der Waals surface area contributed by atoms with Gasteiger partial charge in [-0.25, -0.2) is 4.39 Å². The van der Waals surface area contributed by atoms with E-state index in [4.69, 9.17) is 14.2 Å². The fraction of sp³-hybridized carbons (Fsp3) is 0. The van der Waals surface area contributed by atoms with E-state index in [-0.39, 0.29) is 39.5 Å². The molecule has 0 amide bonds. The van der Waals surface area contributed by atoms with Gasteiger partial charge in [0.2, 0.25) is 5.75 Å². The fourth-order valence-corrected chi connectivity index (χ4v) is 7.94. The zero-order valence-electron chi connectivity index (χ0n) is 30.0. The first-order valence-corrected chi connectivity index (χ1v) is 19.0. The normalized spacial score (nSPS) is 10.5. The molecule has 0 aliphatic rings. The van der Waals surface area contributed by atoms with Crippen molar-refractivity contribution in [2.75, 3.05) is 0 Å². The summed E-state index contributed by atoms with van der Waals surface area (Å²) < 4.78 is 32.0. The molecular weight excluding hydrogens is 720 g/mol. The van der Waals surface area contributed by atoms with Crippen LogP contribution in [0.5, 0.6) is 34.5 Å². The molecular formula is C49H35FO5S. The lowest BCUT2D eigenvalue weighted by Crippen LogP contribution is -2.23. The van der Waals surface area contributed by atoms with Gasteiger partial charge in [0.25, 0.3) is 0 Å². The van der Waals surface area contributed by atoms with Crippen LogP contribution < -0.4 is 19.3 Å². The average molecular weight is 755 g/mol. The van der Waals surface area contributed by atoms with Gasteiger partial charge < -0.3 is 24.1 Å². The Morgan fingerprint density at radius 3 is 1.27 bits per heavy atom. The zero-order valence-corrected chi connectivity index (χ0v) is 30.9. The third-order valence-corrected chi connectivity index (χ3v) is 10.6. The van der Waals surface area contributed by atoms with Crippen LogP contribution in [-0.4, -0.2) is 5.97 Å². The third kappa shape index (κ3) is 9.34. The smallest absolute Gasteiger partial charge is 0.213 e. The quantitative estimate of drug-likeness (QED) is 0.123. The molecule has 0 radical (unpaired) electrons. The van der Waals surface area contributed by atoms with Gasteiger partial charge in [-0.15, -0.1) is 0 Å². The summed E-state index contributed by atoms with van der Waals surface area (Å²) in [7, 11) is -0.190. The Morgan fingerprint density at radius 1 is 0.446 bits per heavy atom. The van der Waals surface area contributed by atoms with Crippen molar-refractivity contribution < 1.29 is 28.5 Å². The number of carboxylic acid groups (broad SMARTS) is 1. The van der Waals surface area contributed by atoms with Crippen molar-refractivity contribution in [1.29, 1.82) is 0 Å². The summed E-state index contributed by atoms with van der Waals surface area (Å²) in [6.45, 7) is 0. The Morgan fingerprint density at radius 2 is 0.821 bits per heavy atom. The topological polar surface area (TPSA) is 67.8 Å². The molecule has 0 atom stereocenters. The zero-order chi connectivity index (χ0) is 38.5. The molecule has 0 fully saturated rings. The van der Waals surface area contributed by atoms with E-state index in [1.54, 1.807) is 36.4 Å². The van der Waals surface area contributed by atoms with E-state index < -0.39 is 5.97 Å². The number of carboxylic acids is 1. The minimum absolute atomic E-state index is 0.0847. The Bertz CT molecular complexity index is 2410. The molecule has 8 aromatic carbocycles. The highest BCUT2D eigenvalue weighted by Crippen LogP contribution is 2.51. The number of carbonyl (C=O) groups is 1. The maximum absolute atomic E-state index is 13.2. The van der Waals surface area contributed by atoms with Crippen molar-refractivity contribution in [2.45, 2.75) is 14.7 Å². The van der Waals surface area contributed by atoms with Crippen LogP contribution in [0.25, 0.3) is 11.1 Å². The van der Waals surface area contributed by atoms with Gasteiger partial charge in [0, 0.05) is 11.1 Å². The van der Waals surface area contributed by atoms with E-state index in [1.807, 2.05) is 133 Å². The summed E-state index contributed by atoms with van der Waals surface area (Å²) in [6, 6.07) is 65.4. The van der Waals surface area contributed by atoms with Crippen molar-refractivity contribution in [3.8, 4) is 45.6 Å². The van der Waals surface area contributed by atoms with Crippen molar-refractivity contribution in [3.05, 3.63) is 224 Å². The summed E-state index contributed by atoms with van der Waals surface area (Å²) >= 11 is 0. The summed E-state index contributed by atoms with van der Waals surface area (Å²) in [4.78, 5) is 16.0. The first-order valence-electron chi connectivity index (χ1n) is 17.8. The van der Waals surface area contributed by atoms with E-state index in [0.717, 1.165) is 4.90 Å². The highest BCUT2D eigenvalue weighted by molar-refractivity contribution is 7.97. The Kier molecular flexibility index (Phi) is 12.2. The van der Waals surface area contributed by atoms with Gasteiger partial charge >= 0.3 is 0 Å². The minimum atomic E-state index is -1.36. The molecule has 0 unspecified atom stereocenters. The number of ether oxygens (including phenoxy) is 3. The predicted octanol–water partition coefficient (Wildman–Crippen LogP) is 12.0. The molecule has 56 heavy (non-hydrogen) atoms. The summed E-state index contributed by atoms with van der Waals surface area (Å²) in [6.07, 6.45) is 0. The van der Waals surface area contributed by atoms with Crippen molar-refractivity contribution in [2.24, 2.45) is 0 Å². The fourth-order valence-electron chi connectivity index (χ4n) is 5.86. The first-order chi connectivity index (χ1) is 27.5. The molecule has 0 saturated carbocycles. The molecule has 274 valence electrons. The minimum Gasteiger partial charge on any atom is -0.545 e. The number of benzene rings is 8. The van der Waals surface area contributed by atoms with Gasteiger partial charge in [-0.05, 0) is 96.6 Å². The lowest BCUT2D eigenvalue weighted by molar-refractivity contribution is -0.255. The predicted molar refractivity (Wildman–Crippen MR) is 217 cm³/mol. The van der Waals surface area contributed by atoms with Crippen LogP contribution in [0.3, 0.4) is 0 Å². The monoisotopic (exact) mass is 754 g/mol. The number of carbonyl (C=O) groups excluding carboxylic acids is 1. The second-order valence-corrected chi connectivity index (χ2v) is 14.3. The Labute approximate surface area is 328 Å². The van der Waals surface area contributed by atoms with Gasteiger partial charge in [0.05, 0.1) is 16.9 Å². The van der Waals surface area contributed by atoms with Crippen LogP contribution in [0.4, 0.5) is 4.39 Å². The van der Waals surface area contributed by atoms with E-state index >= 15 is 0 Å². The molecule has 0 heterocycles. The maximum atomic E-state index is 13.2. The molecule has 0 spiro atoms. The highest BCUT2D eigenvalue weighted by Gasteiger charge is 2.28. The number of aromatic carboxylic acids is 1. The molecule has 0 saturated heterocycles. The van der Waals surface area contributed by atoms with E-state index in [1.165, 1.54) is 28.0 Å². The van der Waals surface area contributed by atoms with Crippen LogP contribution in [0.15, 0.2) is 227 Å². The lowest BCUT2D eigenvalue weighted by Gasteiger charge is -2.23. The molecule has 0 aliphatic heterocycles. The molecule has 8 rings (SSSR count). The lowest BCUT2D eigenvalue weighted by atomic mass is 9.97. The molecule has 5 nitrogen and oxygen atoms in total. The van der Waals surface area contributed by atoms with Gasteiger partial charge in [0.1, 0.15) is 23.1 Å². The summed E-state index contributed by atoms with van der Waals surface area (Å²) in [5.41, 5.74) is 0.871. The molecule has 7 heteroatoms. The van der Waals surface area contributed by atoms with Crippen LogP contribution in [-0.2, 0) is 10.9 Å². The molecule has 0 N–H and O–H groups in total. The third-order valence-electron chi connectivity index (χ3n) is 8.39. The highest BCUT2D eigenvalue weighted by atomic mass is 32.2. The van der Waals surface area contributed by atoms with Gasteiger partial charge in [-0.2, -0.15) is 0 Å². The second-order valence-electron chi connectivity index (χ2n) is 12.2. The SMILES string of the molecule is Fc1ccc([S+](c2ccccc2)c2ccccc2)cc1.O=C([O-])c1cc(Oc2ccccc2)c(Oc2ccccc2)c(Oc2ccccc2)c1-c1ccccc1. The van der Waals surface area contributed by atoms with Gasteiger partial charge in [-0.1, -0.05) is 121 Å².